The molecule has 0 amide bonds. The number of rotatable bonds is 8. The maximum absolute atomic E-state index is 15.1. The number of fused-ring (bicyclic) bond motifs is 6. The minimum absolute atomic E-state index is 0.167. The van der Waals surface area contributed by atoms with Crippen molar-refractivity contribution in [1.82, 2.24) is 84.8 Å². The van der Waals surface area contributed by atoms with Crippen LogP contribution in [0.25, 0.3) is 94.3 Å². The van der Waals surface area contributed by atoms with E-state index in [0.29, 0.717) is 89.6 Å². The molecule has 9 aromatic heterocycles. The van der Waals surface area contributed by atoms with Crippen LogP contribution in [0.3, 0.4) is 0 Å². The summed E-state index contributed by atoms with van der Waals surface area (Å²) in [6, 6.07) is 19.0. The highest BCUT2D eigenvalue weighted by atomic mass is 19.1. The number of aromatic nitrogens is 14. The second kappa shape index (κ2) is 23.8. The van der Waals surface area contributed by atoms with Crippen molar-refractivity contribution in [2.24, 2.45) is 14.1 Å². The zero-order valence-corrected chi connectivity index (χ0v) is 49.0. The van der Waals surface area contributed by atoms with Crippen LogP contribution in [-0.2, 0) is 14.1 Å². The van der Waals surface area contributed by atoms with Gasteiger partial charge in [0.15, 0.2) is 28.6 Å². The normalized spacial score (nSPS) is 16.0. The lowest BCUT2D eigenvalue weighted by Gasteiger charge is -2.30. The monoisotopic (exact) mass is 1170 g/mol. The minimum atomic E-state index is -0.470. The molecule has 3 aromatic carbocycles. The first-order chi connectivity index (χ1) is 42.2. The second-order valence-corrected chi connectivity index (χ2v) is 22.7. The van der Waals surface area contributed by atoms with Gasteiger partial charge in [-0.25, -0.2) is 42.5 Å². The van der Waals surface area contributed by atoms with Crippen LogP contribution < -0.4 is 15.4 Å². The summed E-state index contributed by atoms with van der Waals surface area (Å²) in [5.41, 5.74) is 12.1. The Morgan fingerprint density at radius 1 is 0.586 bits per heavy atom. The van der Waals surface area contributed by atoms with Crippen molar-refractivity contribution in [2.45, 2.75) is 70.6 Å². The number of pyridine rings is 3. The van der Waals surface area contributed by atoms with Gasteiger partial charge in [-0.2, -0.15) is 30.6 Å². The van der Waals surface area contributed by atoms with E-state index in [0.717, 1.165) is 105 Å². The molecule has 12 aromatic rings. The third kappa shape index (κ3) is 11.6. The number of benzene rings is 3. The zero-order chi connectivity index (χ0) is 60.0. The molecule has 2 saturated heterocycles. The van der Waals surface area contributed by atoms with Gasteiger partial charge in [0.1, 0.15) is 39.5 Å². The predicted octanol–water partition coefficient (Wildman–Crippen LogP) is 11.5. The van der Waals surface area contributed by atoms with Crippen LogP contribution in [0.1, 0.15) is 85.0 Å². The molecule has 1 unspecified atom stereocenters. The standard InChI is InChI=1S/C23H25FN6.C21H17F2N5.C21H21FN6O/c1-4-30-7-5-15(6-8-30)20-12-17-18(24)10-16(11-21(17)27-26-20)19-9-14(2)23-22(25-19)13-29(3)28-23;1-12-10-28-11-16(8-18(23)21(28)26-12)20-25-9-15-6-14(7-17(22)19(15)27-20)13-2-4-24-5-3-13;1-28-11-19-21(27-28)20(29-2)10-16(24-19)13-7-15(22)14-9-17(25-26-18(14)8-13)12-3-5-23-6-4-12/h9-13,15H,4-8H2,1-3H3;2,4,6-11,13,24H,3,5H2,1H3;7-12,23H,3-6H2,1-2H3. The molecular formula is C65H63F4N17O. The van der Waals surface area contributed by atoms with Gasteiger partial charge in [0, 0.05) is 95.9 Å². The Kier molecular flexibility index (Phi) is 15.5. The van der Waals surface area contributed by atoms with Crippen molar-refractivity contribution in [3.8, 4) is 39.7 Å². The summed E-state index contributed by atoms with van der Waals surface area (Å²) in [4.78, 5) is 24.6. The van der Waals surface area contributed by atoms with Crippen molar-refractivity contribution in [1.29, 1.82) is 0 Å². The molecule has 3 aliphatic rings. The van der Waals surface area contributed by atoms with Gasteiger partial charge in [0.2, 0.25) is 0 Å². The smallest absolute Gasteiger partial charge is 0.173 e. The largest absolute Gasteiger partial charge is 0.494 e. The molecule has 0 bridgehead atoms. The lowest BCUT2D eigenvalue weighted by atomic mass is 9.92. The average Bonchev–Trinajstić information content (AvgIpc) is 2.17. The van der Waals surface area contributed by atoms with Gasteiger partial charge in [-0.3, -0.25) is 9.36 Å². The van der Waals surface area contributed by atoms with Crippen LogP contribution in [0, 0.1) is 37.1 Å². The SMILES string of the molecule is CCN1CCC(c2cc3c(F)cc(-c4cc(C)c5nn(C)cc5n4)cc3nn2)CC1.COc1cc(-c2cc(F)c3cc(C4CCNCC4)nnc3c2)nc2cn(C)nc12.Cc1cn2cc(-c3ncc4cc(C5C=CNCC5)cc(F)c4n3)cc(F)c2n1. The fourth-order valence-corrected chi connectivity index (χ4v) is 12.1. The van der Waals surface area contributed by atoms with Gasteiger partial charge in [-0.15, -0.1) is 0 Å². The Bertz CT molecular complexity index is 4620. The number of imidazole rings is 1. The molecule has 1 atom stereocenters. The number of halogens is 4. The van der Waals surface area contributed by atoms with E-state index in [1.54, 1.807) is 58.5 Å². The third-order valence-corrected chi connectivity index (χ3v) is 16.7. The van der Waals surface area contributed by atoms with Gasteiger partial charge in [0.05, 0.1) is 59.0 Å². The number of methoxy groups -OCH3 is 1. The first-order valence-electron chi connectivity index (χ1n) is 29.3. The molecule has 2 fully saturated rings. The highest BCUT2D eigenvalue weighted by Gasteiger charge is 2.24. The van der Waals surface area contributed by atoms with E-state index >= 15 is 8.78 Å². The molecule has 22 heteroatoms. The number of aryl methyl sites for hydroxylation is 4. The van der Waals surface area contributed by atoms with Crippen LogP contribution in [0.2, 0.25) is 0 Å². The van der Waals surface area contributed by atoms with Crippen LogP contribution >= 0.6 is 0 Å². The number of likely N-dealkylation sites (tertiary alicyclic amines) is 1. The van der Waals surface area contributed by atoms with Crippen LogP contribution in [-0.4, -0.2) is 121 Å². The number of ether oxygens (including phenoxy) is 1. The topological polar surface area (TPSA) is 193 Å². The zero-order valence-electron chi connectivity index (χ0n) is 49.0. The Labute approximate surface area is 497 Å². The summed E-state index contributed by atoms with van der Waals surface area (Å²) >= 11 is 0. The highest BCUT2D eigenvalue weighted by Crippen LogP contribution is 2.36. The summed E-state index contributed by atoms with van der Waals surface area (Å²) < 4.78 is 69.8. The summed E-state index contributed by atoms with van der Waals surface area (Å²) in [5, 5.41) is 34.5. The first kappa shape index (κ1) is 56.7. The molecule has 87 heavy (non-hydrogen) atoms. The van der Waals surface area contributed by atoms with E-state index in [1.807, 2.05) is 82.1 Å². The first-order valence-corrected chi connectivity index (χ1v) is 29.3. The molecule has 442 valence electrons. The maximum Gasteiger partial charge on any atom is 0.173 e. The van der Waals surface area contributed by atoms with Gasteiger partial charge in [-0.05, 0) is 157 Å². The molecule has 2 N–H and O–H groups in total. The Balaban J connectivity index is 0.000000121. The molecule has 15 rings (SSSR count). The highest BCUT2D eigenvalue weighted by molar-refractivity contribution is 5.89. The van der Waals surface area contributed by atoms with Gasteiger partial charge in [-0.1, -0.05) is 13.0 Å². The van der Waals surface area contributed by atoms with E-state index in [9.17, 15) is 8.78 Å². The molecule has 0 saturated carbocycles. The van der Waals surface area contributed by atoms with Crippen molar-refractivity contribution < 1.29 is 22.3 Å². The minimum Gasteiger partial charge on any atom is -0.494 e. The summed E-state index contributed by atoms with van der Waals surface area (Å²) in [7, 11) is 5.28. The molecule has 0 spiro atoms. The van der Waals surface area contributed by atoms with Crippen molar-refractivity contribution in [3.05, 3.63) is 161 Å². The molecule has 3 aliphatic heterocycles. The summed E-state index contributed by atoms with van der Waals surface area (Å²) in [6.07, 6.45) is 17.6. The number of nitrogens with one attached hydrogen (secondary N) is 2. The van der Waals surface area contributed by atoms with Crippen LogP contribution in [0.5, 0.6) is 5.75 Å². The summed E-state index contributed by atoms with van der Waals surface area (Å²) in [6.45, 7) is 11.9. The molecule has 18 nitrogen and oxygen atoms in total. The maximum atomic E-state index is 15.1. The van der Waals surface area contributed by atoms with Crippen LogP contribution in [0.4, 0.5) is 17.6 Å². The number of nitrogens with zero attached hydrogens (tertiary/aromatic N) is 15. The Morgan fingerprint density at radius 2 is 1.22 bits per heavy atom. The van der Waals surface area contributed by atoms with Crippen molar-refractivity contribution in [3.63, 3.8) is 0 Å². The Hall–Kier alpha value is -9.41. The van der Waals surface area contributed by atoms with E-state index in [2.05, 4.69) is 78.0 Å². The van der Waals surface area contributed by atoms with Crippen LogP contribution in [0.15, 0.2) is 110 Å². The van der Waals surface area contributed by atoms with Gasteiger partial charge in [0.25, 0.3) is 0 Å². The summed E-state index contributed by atoms with van der Waals surface area (Å²) in [5.74, 6) is 0.232. The number of piperidine rings is 2. The predicted molar refractivity (Wildman–Crippen MR) is 327 cm³/mol. The van der Waals surface area contributed by atoms with E-state index in [4.69, 9.17) is 4.74 Å². The van der Waals surface area contributed by atoms with Crippen molar-refractivity contribution in [2.75, 3.05) is 46.4 Å². The Morgan fingerprint density at radius 3 is 1.86 bits per heavy atom. The number of hydrogen-bond acceptors (Lipinski definition) is 15. The van der Waals surface area contributed by atoms with Gasteiger partial charge >= 0.3 is 0 Å². The van der Waals surface area contributed by atoms with Crippen molar-refractivity contribution >= 4 is 60.4 Å². The second-order valence-electron chi connectivity index (χ2n) is 22.7. The number of hydrogen-bond donors (Lipinski definition) is 2. The number of allylic oxidation sites excluding steroid dienone is 1. The van der Waals surface area contributed by atoms with Gasteiger partial charge < -0.3 is 24.7 Å². The fraction of sp³-hybridized carbons (Fsp3) is 0.308. The molecular weight excluding hydrogens is 1110 g/mol. The van der Waals surface area contributed by atoms with E-state index < -0.39 is 11.6 Å². The van der Waals surface area contributed by atoms with E-state index in [-0.39, 0.29) is 34.5 Å². The lowest BCUT2D eigenvalue weighted by Crippen LogP contribution is -2.32. The molecule has 0 radical (unpaired) electrons. The molecule has 0 aliphatic carbocycles. The lowest BCUT2D eigenvalue weighted by molar-refractivity contribution is 0.220. The average molecular weight is 1170 g/mol. The van der Waals surface area contributed by atoms with E-state index in [1.165, 1.54) is 18.2 Å². The fourth-order valence-electron chi connectivity index (χ4n) is 12.1. The molecule has 12 heterocycles. The third-order valence-electron chi connectivity index (χ3n) is 16.7. The quantitative estimate of drug-likeness (QED) is 0.136.